The van der Waals surface area contributed by atoms with Crippen molar-refractivity contribution in [3.63, 3.8) is 0 Å². The fourth-order valence-corrected chi connectivity index (χ4v) is 1.89. The summed E-state index contributed by atoms with van der Waals surface area (Å²) in [7, 11) is 1.92. The smallest absolute Gasteiger partial charge is 0.222 e. The Labute approximate surface area is 113 Å². The van der Waals surface area contributed by atoms with Gasteiger partial charge in [0.1, 0.15) is 0 Å². The molecule has 0 aliphatic carbocycles. The molecule has 0 aliphatic heterocycles. The zero-order chi connectivity index (χ0) is 13.7. The van der Waals surface area contributed by atoms with Crippen molar-refractivity contribution in [3.05, 3.63) is 35.8 Å². The van der Waals surface area contributed by atoms with E-state index in [2.05, 4.69) is 28.4 Å². The normalized spacial score (nSPS) is 10.7. The summed E-state index contributed by atoms with van der Waals surface area (Å²) < 4.78 is 7.63. The van der Waals surface area contributed by atoms with E-state index in [0.717, 1.165) is 36.4 Å². The van der Waals surface area contributed by atoms with Crippen LogP contribution in [0.2, 0.25) is 0 Å². The van der Waals surface area contributed by atoms with Gasteiger partial charge in [-0.3, -0.25) is 4.68 Å². The first kappa shape index (κ1) is 13.5. The van der Waals surface area contributed by atoms with Crippen LogP contribution in [0.5, 0.6) is 11.6 Å². The molecule has 2 rings (SSSR count). The van der Waals surface area contributed by atoms with Gasteiger partial charge in [-0.25, -0.2) is 4.98 Å². The Morgan fingerprint density at radius 2 is 2.21 bits per heavy atom. The molecule has 0 bridgehead atoms. The molecular weight excluding hydrogens is 240 g/mol. The standard InChI is InChI=1S/C14H20N4O/c1-4-5-18-10-13(9-17-18)19-14-11(2)6-12(7-15-3)8-16-14/h6,8-10,15H,4-5,7H2,1-3H3. The summed E-state index contributed by atoms with van der Waals surface area (Å²) in [4.78, 5) is 4.35. The highest BCUT2D eigenvalue weighted by Gasteiger charge is 2.06. The first-order chi connectivity index (χ1) is 9.22. The third-order valence-electron chi connectivity index (χ3n) is 2.74. The summed E-state index contributed by atoms with van der Waals surface area (Å²) in [6, 6.07) is 2.08. The van der Waals surface area contributed by atoms with Crippen LogP contribution in [-0.2, 0) is 13.1 Å². The van der Waals surface area contributed by atoms with E-state index < -0.39 is 0 Å². The highest BCUT2D eigenvalue weighted by molar-refractivity contribution is 5.32. The maximum atomic E-state index is 5.75. The fraction of sp³-hybridized carbons (Fsp3) is 0.429. The van der Waals surface area contributed by atoms with Crippen LogP contribution >= 0.6 is 0 Å². The Kier molecular flexibility index (Phi) is 4.52. The molecule has 0 amide bonds. The molecule has 2 aromatic rings. The summed E-state index contributed by atoms with van der Waals surface area (Å²) >= 11 is 0. The number of rotatable bonds is 6. The molecule has 0 radical (unpaired) electrons. The average Bonchev–Trinajstić information content (AvgIpc) is 2.81. The Morgan fingerprint density at radius 3 is 2.89 bits per heavy atom. The molecule has 0 aromatic carbocycles. The minimum absolute atomic E-state index is 0.635. The topological polar surface area (TPSA) is 52.0 Å². The van der Waals surface area contributed by atoms with Crippen LogP contribution in [0.3, 0.4) is 0 Å². The number of pyridine rings is 1. The Morgan fingerprint density at radius 1 is 1.37 bits per heavy atom. The molecule has 102 valence electrons. The van der Waals surface area contributed by atoms with Gasteiger partial charge in [-0.2, -0.15) is 5.10 Å². The lowest BCUT2D eigenvalue weighted by Crippen LogP contribution is -2.06. The van der Waals surface area contributed by atoms with Crippen LogP contribution in [0.25, 0.3) is 0 Å². The van der Waals surface area contributed by atoms with Crippen molar-refractivity contribution in [2.24, 2.45) is 0 Å². The van der Waals surface area contributed by atoms with Crippen LogP contribution in [0.1, 0.15) is 24.5 Å². The van der Waals surface area contributed by atoms with E-state index >= 15 is 0 Å². The van der Waals surface area contributed by atoms with Crippen molar-refractivity contribution in [2.45, 2.75) is 33.4 Å². The van der Waals surface area contributed by atoms with Crippen molar-refractivity contribution in [2.75, 3.05) is 7.05 Å². The summed E-state index contributed by atoms with van der Waals surface area (Å²) in [6.07, 6.45) is 6.50. The molecule has 0 saturated carbocycles. The monoisotopic (exact) mass is 260 g/mol. The molecule has 5 heteroatoms. The zero-order valence-corrected chi connectivity index (χ0v) is 11.7. The minimum atomic E-state index is 0.635. The van der Waals surface area contributed by atoms with Crippen LogP contribution < -0.4 is 10.1 Å². The molecule has 0 spiro atoms. The number of nitrogens with one attached hydrogen (secondary N) is 1. The SMILES string of the molecule is CCCn1cc(Oc2ncc(CNC)cc2C)cn1. The van der Waals surface area contributed by atoms with Gasteiger partial charge < -0.3 is 10.1 Å². The third-order valence-corrected chi connectivity index (χ3v) is 2.74. The molecule has 0 fully saturated rings. The van der Waals surface area contributed by atoms with E-state index in [4.69, 9.17) is 4.74 Å². The van der Waals surface area contributed by atoms with E-state index in [1.165, 1.54) is 0 Å². The Hall–Kier alpha value is -1.88. The molecule has 5 nitrogen and oxygen atoms in total. The molecule has 0 atom stereocenters. The summed E-state index contributed by atoms with van der Waals surface area (Å²) in [5, 5.41) is 7.34. The van der Waals surface area contributed by atoms with Gasteiger partial charge in [0.05, 0.1) is 12.4 Å². The van der Waals surface area contributed by atoms with E-state index in [-0.39, 0.29) is 0 Å². The average molecular weight is 260 g/mol. The highest BCUT2D eigenvalue weighted by atomic mass is 16.5. The molecule has 0 unspecified atom stereocenters. The molecular formula is C14H20N4O. The number of hydrogen-bond donors (Lipinski definition) is 1. The van der Waals surface area contributed by atoms with Gasteiger partial charge in [-0.1, -0.05) is 6.92 Å². The number of aryl methyl sites for hydroxylation is 2. The maximum Gasteiger partial charge on any atom is 0.222 e. The minimum Gasteiger partial charge on any atom is -0.435 e. The highest BCUT2D eigenvalue weighted by Crippen LogP contribution is 2.22. The zero-order valence-electron chi connectivity index (χ0n) is 11.7. The number of aromatic nitrogens is 3. The molecule has 2 aromatic heterocycles. The van der Waals surface area contributed by atoms with Crippen LogP contribution in [0.4, 0.5) is 0 Å². The first-order valence-corrected chi connectivity index (χ1v) is 6.53. The second kappa shape index (κ2) is 6.33. The second-order valence-corrected chi connectivity index (χ2v) is 4.54. The van der Waals surface area contributed by atoms with Gasteiger partial charge in [0.25, 0.3) is 0 Å². The third kappa shape index (κ3) is 3.54. The number of ether oxygens (including phenoxy) is 1. The Bertz CT molecular complexity index is 536. The van der Waals surface area contributed by atoms with Crippen molar-refractivity contribution in [1.29, 1.82) is 0 Å². The lowest BCUT2D eigenvalue weighted by molar-refractivity contribution is 0.456. The molecule has 0 saturated heterocycles. The summed E-state index contributed by atoms with van der Waals surface area (Å²) in [5.41, 5.74) is 2.17. The Balaban J connectivity index is 2.09. The maximum absolute atomic E-state index is 5.75. The lowest BCUT2D eigenvalue weighted by atomic mass is 10.2. The van der Waals surface area contributed by atoms with Crippen LogP contribution in [-0.4, -0.2) is 21.8 Å². The predicted octanol–water partition coefficient (Wildman–Crippen LogP) is 2.51. The quantitative estimate of drug-likeness (QED) is 0.867. The van der Waals surface area contributed by atoms with Gasteiger partial charge in [-0.05, 0) is 32.0 Å². The van der Waals surface area contributed by atoms with E-state index in [1.807, 2.05) is 31.0 Å². The lowest BCUT2D eigenvalue weighted by Gasteiger charge is -2.07. The van der Waals surface area contributed by atoms with Gasteiger partial charge in [0.15, 0.2) is 5.75 Å². The van der Waals surface area contributed by atoms with Crippen LogP contribution in [0.15, 0.2) is 24.7 Å². The number of hydrogen-bond acceptors (Lipinski definition) is 4. The number of nitrogens with zero attached hydrogens (tertiary/aromatic N) is 3. The molecule has 19 heavy (non-hydrogen) atoms. The summed E-state index contributed by atoms with van der Waals surface area (Å²) in [6.45, 7) is 5.83. The first-order valence-electron chi connectivity index (χ1n) is 6.53. The van der Waals surface area contributed by atoms with Gasteiger partial charge in [-0.15, -0.1) is 0 Å². The van der Waals surface area contributed by atoms with Crippen molar-refractivity contribution in [3.8, 4) is 11.6 Å². The van der Waals surface area contributed by atoms with Crippen LogP contribution in [0, 0.1) is 6.92 Å². The van der Waals surface area contributed by atoms with Gasteiger partial charge in [0, 0.05) is 24.8 Å². The van der Waals surface area contributed by atoms with E-state index in [1.54, 1.807) is 6.20 Å². The van der Waals surface area contributed by atoms with Crippen molar-refractivity contribution < 1.29 is 4.74 Å². The van der Waals surface area contributed by atoms with Crippen molar-refractivity contribution in [1.82, 2.24) is 20.1 Å². The van der Waals surface area contributed by atoms with E-state index in [0.29, 0.717) is 5.88 Å². The molecule has 2 heterocycles. The van der Waals surface area contributed by atoms with Gasteiger partial charge in [0.2, 0.25) is 5.88 Å². The van der Waals surface area contributed by atoms with E-state index in [9.17, 15) is 0 Å². The second-order valence-electron chi connectivity index (χ2n) is 4.54. The van der Waals surface area contributed by atoms with Crippen molar-refractivity contribution >= 4 is 0 Å². The predicted molar refractivity (Wildman–Crippen MR) is 74.3 cm³/mol. The fourth-order valence-electron chi connectivity index (χ4n) is 1.89. The molecule has 1 N–H and O–H groups in total. The largest absolute Gasteiger partial charge is 0.435 e. The molecule has 0 aliphatic rings. The van der Waals surface area contributed by atoms with Gasteiger partial charge >= 0.3 is 0 Å². The summed E-state index contributed by atoms with van der Waals surface area (Å²) in [5.74, 6) is 1.36.